The summed E-state index contributed by atoms with van der Waals surface area (Å²) in [5.74, 6) is 1.43. The third-order valence-electron chi connectivity index (χ3n) is 2.32. The van der Waals surface area contributed by atoms with Crippen molar-refractivity contribution in [1.29, 1.82) is 5.26 Å². The minimum absolute atomic E-state index is 0.452. The number of nitrogens with zero attached hydrogens (tertiary/aromatic N) is 5. The van der Waals surface area contributed by atoms with Crippen molar-refractivity contribution in [2.75, 3.05) is 0 Å². The quantitative estimate of drug-likeness (QED) is 0.743. The Morgan fingerprint density at radius 1 is 1.20 bits per heavy atom. The maximum absolute atomic E-state index is 8.77. The van der Waals surface area contributed by atoms with Crippen LogP contribution in [0.1, 0.15) is 11.6 Å². The molecule has 0 saturated carbocycles. The predicted octanol–water partition coefficient (Wildman–Crippen LogP) is 0.960. The highest BCUT2D eigenvalue weighted by molar-refractivity contribution is 5.10. The standard InChI is InChI=1S/C10H11N5/c1-9-12-2-4-14(9)6-7-15-5-3-13-10(15)8-11/h2-5H,6-7H2,1H3. The fourth-order valence-corrected chi connectivity index (χ4v) is 1.46. The molecule has 2 heterocycles. The van der Waals surface area contributed by atoms with Crippen LogP contribution in [0.3, 0.4) is 0 Å². The molecule has 15 heavy (non-hydrogen) atoms. The molecule has 0 amide bonds. The van der Waals surface area contributed by atoms with Crippen LogP contribution in [-0.4, -0.2) is 19.1 Å². The maximum atomic E-state index is 8.77. The first kappa shape index (κ1) is 9.46. The van der Waals surface area contributed by atoms with E-state index in [1.54, 1.807) is 12.4 Å². The molecule has 0 fully saturated rings. The number of rotatable bonds is 3. The fraction of sp³-hybridized carbons (Fsp3) is 0.300. The number of aromatic nitrogens is 4. The predicted molar refractivity (Wildman–Crippen MR) is 53.9 cm³/mol. The van der Waals surface area contributed by atoms with Gasteiger partial charge in [-0.1, -0.05) is 0 Å². The molecule has 0 aliphatic carbocycles. The van der Waals surface area contributed by atoms with Gasteiger partial charge in [0.2, 0.25) is 5.82 Å². The molecular formula is C10H11N5. The van der Waals surface area contributed by atoms with Gasteiger partial charge in [-0.2, -0.15) is 5.26 Å². The average molecular weight is 201 g/mol. The Labute approximate surface area is 87.6 Å². The molecule has 5 heteroatoms. The highest BCUT2D eigenvalue weighted by atomic mass is 15.1. The molecule has 0 aromatic carbocycles. The molecule has 0 aliphatic heterocycles. The van der Waals surface area contributed by atoms with E-state index >= 15 is 0 Å². The van der Waals surface area contributed by atoms with Gasteiger partial charge < -0.3 is 9.13 Å². The zero-order valence-electron chi connectivity index (χ0n) is 8.46. The summed E-state index contributed by atoms with van der Waals surface area (Å²) in [4.78, 5) is 8.07. The van der Waals surface area contributed by atoms with Crippen LogP contribution in [0, 0.1) is 18.3 Å². The van der Waals surface area contributed by atoms with Crippen LogP contribution >= 0.6 is 0 Å². The Kier molecular flexibility index (Phi) is 2.50. The van der Waals surface area contributed by atoms with Crippen LogP contribution in [0.2, 0.25) is 0 Å². The molecule has 0 atom stereocenters. The van der Waals surface area contributed by atoms with Gasteiger partial charge in [0.1, 0.15) is 11.9 Å². The van der Waals surface area contributed by atoms with Gasteiger partial charge in [-0.25, -0.2) is 9.97 Å². The summed E-state index contributed by atoms with van der Waals surface area (Å²) in [6, 6.07) is 2.05. The van der Waals surface area contributed by atoms with Crippen LogP contribution in [0.25, 0.3) is 0 Å². The molecule has 2 rings (SSSR count). The molecule has 0 saturated heterocycles. The van der Waals surface area contributed by atoms with Crippen LogP contribution in [0.5, 0.6) is 0 Å². The van der Waals surface area contributed by atoms with Crippen molar-refractivity contribution >= 4 is 0 Å². The van der Waals surface area contributed by atoms with Gasteiger partial charge >= 0.3 is 0 Å². The molecule has 2 aromatic rings. The Balaban J connectivity index is 2.06. The molecular weight excluding hydrogens is 190 g/mol. The molecule has 0 N–H and O–H groups in total. The van der Waals surface area contributed by atoms with Crippen LogP contribution in [-0.2, 0) is 13.1 Å². The average Bonchev–Trinajstić information content (AvgIpc) is 2.83. The lowest BCUT2D eigenvalue weighted by atomic mass is 10.5. The van der Waals surface area contributed by atoms with Gasteiger partial charge in [0.15, 0.2) is 0 Å². The second-order valence-corrected chi connectivity index (χ2v) is 3.22. The largest absolute Gasteiger partial charge is 0.333 e. The van der Waals surface area contributed by atoms with E-state index in [0.717, 1.165) is 18.9 Å². The summed E-state index contributed by atoms with van der Waals surface area (Å²) < 4.78 is 3.88. The van der Waals surface area contributed by atoms with Gasteiger partial charge in [0, 0.05) is 37.9 Å². The lowest BCUT2D eigenvalue weighted by Crippen LogP contribution is -2.08. The van der Waals surface area contributed by atoms with E-state index in [4.69, 9.17) is 5.26 Å². The first-order chi connectivity index (χ1) is 7.31. The zero-order chi connectivity index (χ0) is 10.7. The number of aryl methyl sites for hydroxylation is 3. The van der Waals surface area contributed by atoms with E-state index < -0.39 is 0 Å². The van der Waals surface area contributed by atoms with Gasteiger partial charge in [-0.05, 0) is 6.92 Å². The first-order valence-corrected chi connectivity index (χ1v) is 4.70. The smallest absolute Gasteiger partial charge is 0.212 e. The molecule has 2 aromatic heterocycles. The molecule has 0 radical (unpaired) electrons. The van der Waals surface area contributed by atoms with E-state index in [2.05, 4.69) is 9.97 Å². The minimum atomic E-state index is 0.452. The lowest BCUT2D eigenvalue weighted by molar-refractivity contribution is 0.564. The summed E-state index contributed by atoms with van der Waals surface area (Å²) in [7, 11) is 0. The van der Waals surface area contributed by atoms with Gasteiger partial charge in [0.25, 0.3) is 0 Å². The number of imidazole rings is 2. The second kappa shape index (κ2) is 3.96. The van der Waals surface area contributed by atoms with E-state index in [0.29, 0.717) is 5.82 Å². The maximum Gasteiger partial charge on any atom is 0.212 e. The van der Waals surface area contributed by atoms with Crippen LogP contribution < -0.4 is 0 Å². The van der Waals surface area contributed by atoms with Gasteiger partial charge in [-0.3, -0.25) is 0 Å². The Bertz CT molecular complexity index is 488. The monoisotopic (exact) mass is 201 g/mol. The summed E-state index contributed by atoms with van der Waals surface area (Å²) in [5, 5.41) is 8.77. The number of hydrogen-bond acceptors (Lipinski definition) is 3. The molecule has 76 valence electrons. The molecule has 0 spiro atoms. The van der Waals surface area contributed by atoms with Crippen LogP contribution in [0.4, 0.5) is 0 Å². The van der Waals surface area contributed by atoms with Crippen molar-refractivity contribution in [2.45, 2.75) is 20.0 Å². The Morgan fingerprint density at radius 2 is 1.87 bits per heavy atom. The second-order valence-electron chi connectivity index (χ2n) is 3.22. The van der Waals surface area contributed by atoms with Gasteiger partial charge in [-0.15, -0.1) is 0 Å². The summed E-state index contributed by atoms with van der Waals surface area (Å²) in [5.41, 5.74) is 0. The first-order valence-electron chi connectivity index (χ1n) is 4.70. The van der Waals surface area contributed by atoms with Crippen molar-refractivity contribution in [3.8, 4) is 6.07 Å². The van der Waals surface area contributed by atoms with Crippen molar-refractivity contribution in [1.82, 2.24) is 19.1 Å². The molecule has 0 bridgehead atoms. The highest BCUT2D eigenvalue weighted by Crippen LogP contribution is 1.99. The van der Waals surface area contributed by atoms with E-state index in [1.807, 2.05) is 34.5 Å². The lowest BCUT2D eigenvalue weighted by Gasteiger charge is -2.06. The van der Waals surface area contributed by atoms with E-state index in [1.165, 1.54) is 0 Å². The van der Waals surface area contributed by atoms with E-state index in [-0.39, 0.29) is 0 Å². The Morgan fingerprint density at radius 3 is 2.53 bits per heavy atom. The number of hydrogen-bond donors (Lipinski definition) is 0. The normalized spacial score (nSPS) is 10.1. The molecule has 0 aliphatic rings. The molecule has 5 nitrogen and oxygen atoms in total. The Hall–Kier alpha value is -2.09. The van der Waals surface area contributed by atoms with Crippen molar-refractivity contribution in [2.24, 2.45) is 0 Å². The molecule has 0 unspecified atom stereocenters. The summed E-state index contributed by atoms with van der Waals surface area (Å²) in [6.45, 7) is 3.50. The van der Waals surface area contributed by atoms with Crippen molar-refractivity contribution in [3.05, 3.63) is 36.4 Å². The highest BCUT2D eigenvalue weighted by Gasteiger charge is 2.01. The summed E-state index contributed by atoms with van der Waals surface area (Å²) >= 11 is 0. The SMILES string of the molecule is Cc1nccn1CCn1ccnc1C#N. The third-order valence-corrected chi connectivity index (χ3v) is 2.32. The number of nitriles is 1. The van der Waals surface area contributed by atoms with E-state index in [9.17, 15) is 0 Å². The van der Waals surface area contributed by atoms with Crippen LogP contribution in [0.15, 0.2) is 24.8 Å². The van der Waals surface area contributed by atoms with Crippen molar-refractivity contribution < 1.29 is 0 Å². The van der Waals surface area contributed by atoms with Gasteiger partial charge in [0.05, 0.1) is 0 Å². The van der Waals surface area contributed by atoms with Crippen molar-refractivity contribution in [3.63, 3.8) is 0 Å². The third kappa shape index (κ3) is 1.89. The minimum Gasteiger partial charge on any atom is -0.333 e. The topological polar surface area (TPSA) is 59.4 Å². The zero-order valence-corrected chi connectivity index (χ0v) is 8.46. The fourth-order valence-electron chi connectivity index (χ4n) is 1.46. The summed E-state index contributed by atoms with van der Waals surface area (Å²) in [6.07, 6.45) is 7.15.